The van der Waals surface area contributed by atoms with Gasteiger partial charge in [0.2, 0.25) is 5.91 Å². The fourth-order valence-electron chi connectivity index (χ4n) is 7.80. The van der Waals surface area contributed by atoms with E-state index in [1.807, 2.05) is 49.6 Å². The first-order valence-electron chi connectivity index (χ1n) is 17.9. The fraction of sp³-hybridized carbons (Fsp3) is 0.553. The Labute approximate surface area is 288 Å². The Morgan fingerprint density at radius 2 is 1.58 bits per heavy atom. The molecule has 6 rings (SSSR count). The molecule has 3 aliphatic rings. The van der Waals surface area contributed by atoms with Crippen molar-refractivity contribution in [3.8, 4) is 11.4 Å². The summed E-state index contributed by atoms with van der Waals surface area (Å²) in [5, 5.41) is 12.2. The van der Waals surface area contributed by atoms with E-state index >= 15 is 0 Å². The Kier molecular flexibility index (Phi) is 11.1. The Balaban J connectivity index is 1.05. The third kappa shape index (κ3) is 8.08. The summed E-state index contributed by atoms with van der Waals surface area (Å²) >= 11 is 1.42. The van der Waals surface area contributed by atoms with Crippen LogP contribution in [0, 0.1) is 23.7 Å². The molecule has 4 heterocycles. The normalized spacial score (nSPS) is 21.0. The second-order valence-corrected chi connectivity index (χ2v) is 15.2. The minimum absolute atomic E-state index is 0.157. The lowest BCUT2D eigenvalue weighted by atomic mass is 9.72. The molecule has 2 N–H and O–H groups in total. The maximum Gasteiger partial charge on any atom is 0.310 e. The summed E-state index contributed by atoms with van der Waals surface area (Å²) in [4.78, 5) is 52.8. The molecule has 1 atom stereocenters. The highest BCUT2D eigenvalue weighted by atomic mass is 32.1. The van der Waals surface area contributed by atoms with Gasteiger partial charge in [-0.15, -0.1) is 11.3 Å². The molecule has 0 bridgehead atoms. The zero-order chi connectivity index (χ0) is 33.6. The average Bonchev–Trinajstić information content (AvgIpc) is 3.58. The lowest BCUT2D eigenvalue weighted by Gasteiger charge is -2.39. The molecule has 0 spiro atoms. The van der Waals surface area contributed by atoms with Gasteiger partial charge in [-0.05, 0) is 67.6 Å². The van der Waals surface area contributed by atoms with Gasteiger partial charge in [0.05, 0.1) is 28.9 Å². The number of amides is 2. The molecule has 256 valence electrons. The Bertz CT molecular complexity index is 1540. The van der Waals surface area contributed by atoms with Crippen LogP contribution in [-0.2, 0) is 22.4 Å². The maximum atomic E-state index is 13.4. The molecule has 3 aromatic rings. The number of carbonyl (C=O) groups excluding carboxylic acids is 2. The third-order valence-electron chi connectivity index (χ3n) is 10.8. The smallest absolute Gasteiger partial charge is 0.310 e. The number of likely N-dealkylation sites (tertiary alicyclic amines) is 1. The average molecular weight is 672 g/mol. The molecule has 3 fully saturated rings. The van der Waals surface area contributed by atoms with Crippen molar-refractivity contribution >= 4 is 34.8 Å². The predicted molar refractivity (Wildman–Crippen MR) is 189 cm³/mol. The van der Waals surface area contributed by atoms with Gasteiger partial charge in [-0.1, -0.05) is 63.8 Å². The molecule has 2 aromatic heterocycles. The van der Waals surface area contributed by atoms with Crippen molar-refractivity contribution in [1.82, 2.24) is 20.2 Å². The van der Waals surface area contributed by atoms with Gasteiger partial charge in [0.25, 0.3) is 5.91 Å². The standard InChI is InChI=1S/C38H49N5O4S/c1-3-5-25-6-10-27(11-7-25)28-16-18-42(19-17-28)31-21-39-35(40-22-31)29-12-8-26(9-13-29)20-33(37(45)43-23-30(24-43)38(46)47)41-36(44)34-15-14-32(4-2)48-34/h8-9,12-15,21-22,25,27-28,30,33H,3-7,10-11,16-20,23-24H2,1-2H3,(H,41,44)(H,46,47)/t25-,27-,33-/m0/s1. The summed E-state index contributed by atoms with van der Waals surface area (Å²) < 4.78 is 0. The van der Waals surface area contributed by atoms with Crippen LogP contribution in [0.2, 0.25) is 0 Å². The Morgan fingerprint density at radius 1 is 0.917 bits per heavy atom. The minimum Gasteiger partial charge on any atom is -0.481 e. The van der Waals surface area contributed by atoms with Crippen LogP contribution >= 0.6 is 11.3 Å². The molecule has 0 unspecified atom stereocenters. The molecular weight excluding hydrogens is 623 g/mol. The summed E-state index contributed by atoms with van der Waals surface area (Å²) in [6.45, 7) is 6.79. The van der Waals surface area contributed by atoms with Gasteiger partial charge in [-0.2, -0.15) is 0 Å². The van der Waals surface area contributed by atoms with Crippen LogP contribution in [0.3, 0.4) is 0 Å². The summed E-state index contributed by atoms with van der Waals surface area (Å²) in [7, 11) is 0. The first-order chi connectivity index (χ1) is 23.3. The molecule has 1 aromatic carbocycles. The van der Waals surface area contributed by atoms with Crippen molar-refractivity contribution in [2.45, 2.75) is 84.1 Å². The molecule has 10 heteroatoms. The highest BCUT2D eigenvalue weighted by molar-refractivity contribution is 7.14. The number of piperidine rings is 1. The van der Waals surface area contributed by atoms with Gasteiger partial charge >= 0.3 is 5.97 Å². The largest absolute Gasteiger partial charge is 0.481 e. The number of carboxylic acids is 1. The van der Waals surface area contributed by atoms with Crippen LogP contribution in [0.25, 0.3) is 11.4 Å². The van der Waals surface area contributed by atoms with Crippen molar-refractivity contribution in [2.24, 2.45) is 23.7 Å². The van der Waals surface area contributed by atoms with Crippen LogP contribution < -0.4 is 10.2 Å². The first kappa shape index (κ1) is 34.1. The number of carbonyl (C=O) groups is 3. The quantitative estimate of drug-likeness (QED) is 0.227. The summed E-state index contributed by atoms with van der Waals surface area (Å²) in [6, 6.07) is 10.7. The van der Waals surface area contributed by atoms with Crippen molar-refractivity contribution in [2.75, 3.05) is 31.1 Å². The molecule has 2 aliphatic heterocycles. The van der Waals surface area contributed by atoms with Crippen molar-refractivity contribution < 1.29 is 19.5 Å². The number of nitrogens with one attached hydrogen (secondary N) is 1. The molecular formula is C38H49N5O4S. The van der Waals surface area contributed by atoms with E-state index in [0.717, 1.165) is 59.0 Å². The van der Waals surface area contributed by atoms with E-state index in [2.05, 4.69) is 17.1 Å². The maximum absolute atomic E-state index is 13.4. The number of hydrogen-bond acceptors (Lipinski definition) is 7. The predicted octanol–water partition coefficient (Wildman–Crippen LogP) is 6.47. The SMILES string of the molecule is CCC[C@H]1CC[C@H](C2CCN(c3cnc(-c4ccc(C[C@H](NC(=O)c5ccc(CC)s5)C(=O)N5CC(C(=O)O)C5)cc4)nc3)CC2)CC1. The highest BCUT2D eigenvalue weighted by Gasteiger charge is 2.39. The summed E-state index contributed by atoms with van der Waals surface area (Å²) in [6.07, 6.45) is 15.9. The molecule has 1 saturated carbocycles. The monoisotopic (exact) mass is 671 g/mol. The van der Waals surface area contributed by atoms with Crippen LogP contribution in [0.1, 0.15) is 85.3 Å². The first-order valence-corrected chi connectivity index (χ1v) is 18.7. The number of benzene rings is 1. The molecule has 1 aliphatic carbocycles. The summed E-state index contributed by atoms with van der Waals surface area (Å²) in [5.74, 6) is 1.34. The number of aromatic nitrogens is 2. The molecule has 0 radical (unpaired) electrons. The number of aliphatic carboxylic acids is 1. The number of rotatable bonds is 12. The number of carboxylic acid groups (broad SMARTS) is 1. The van der Waals surface area contributed by atoms with Crippen molar-refractivity contribution in [3.05, 3.63) is 64.1 Å². The van der Waals surface area contributed by atoms with Gasteiger partial charge in [0.15, 0.2) is 5.82 Å². The number of aryl methyl sites for hydroxylation is 1. The third-order valence-corrected chi connectivity index (χ3v) is 12.1. The van der Waals surface area contributed by atoms with Crippen LogP contribution in [-0.4, -0.2) is 70.0 Å². The zero-order valence-corrected chi connectivity index (χ0v) is 29.1. The topological polar surface area (TPSA) is 116 Å². The molecule has 9 nitrogen and oxygen atoms in total. The second-order valence-electron chi connectivity index (χ2n) is 14.0. The van der Waals surface area contributed by atoms with Gasteiger partial charge in [0, 0.05) is 43.0 Å². The molecule has 2 amide bonds. The van der Waals surface area contributed by atoms with Crippen LogP contribution in [0.4, 0.5) is 5.69 Å². The van der Waals surface area contributed by atoms with Crippen LogP contribution in [0.5, 0.6) is 0 Å². The van der Waals surface area contributed by atoms with Crippen molar-refractivity contribution in [3.63, 3.8) is 0 Å². The highest BCUT2D eigenvalue weighted by Crippen LogP contribution is 2.39. The van der Waals surface area contributed by atoms with Gasteiger partial charge < -0.3 is 20.2 Å². The minimum atomic E-state index is -0.907. The number of nitrogens with zero attached hydrogens (tertiary/aromatic N) is 4. The van der Waals surface area contributed by atoms with E-state index in [4.69, 9.17) is 9.97 Å². The van der Waals surface area contributed by atoms with Gasteiger partial charge in [-0.3, -0.25) is 14.4 Å². The zero-order valence-electron chi connectivity index (χ0n) is 28.3. The fourth-order valence-corrected chi connectivity index (χ4v) is 8.65. The van der Waals surface area contributed by atoms with E-state index < -0.39 is 17.9 Å². The van der Waals surface area contributed by atoms with E-state index in [-0.39, 0.29) is 24.9 Å². The lowest BCUT2D eigenvalue weighted by Crippen LogP contribution is -2.59. The lowest BCUT2D eigenvalue weighted by molar-refractivity contribution is -0.153. The number of anilines is 1. The molecule has 48 heavy (non-hydrogen) atoms. The Hall–Kier alpha value is -3.79. The summed E-state index contributed by atoms with van der Waals surface area (Å²) in [5.41, 5.74) is 2.84. The number of hydrogen-bond donors (Lipinski definition) is 2. The van der Waals surface area contributed by atoms with Gasteiger partial charge in [0.1, 0.15) is 6.04 Å². The van der Waals surface area contributed by atoms with E-state index in [9.17, 15) is 19.5 Å². The Morgan fingerprint density at radius 3 is 2.19 bits per heavy atom. The second kappa shape index (κ2) is 15.6. The molecule has 2 saturated heterocycles. The van der Waals surface area contributed by atoms with E-state index in [1.165, 1.54) is 67.6 Å². The van der Waals surface area contributed by atoms with E-state index in [0.29, 0.717) is 17.1 Å². The number of thiophene rings is 1. The van der Waals surface area contributed by atoms with Crippen LogP contribution in [0.15, 0.2) is 48.8 Å². The van der Waals surface area contributed by atoms with Gasteiger partial charge in [-0.25, -0.2) is 9.97 Å². The van der Waals surface area contributed by atoms with E-state index in [1.54, 1.807) is 6.07 Å². The van der Waals surface area contributed by atoms with Crippen molar-refractivity contribution in [1.29, 1.82) is 0 Å².